The molecule has 0 aromatic heterocycles. The SMILES string of the molecule is CCCCCCCCCCCCCCCCCCCCCCCCCC[AsH2]. The maximum atomic E-state index is 2.30. The van der Waals surface area contributed by atoms with Gasteiger partial charge in [0.1, 0.15) is 0 Å². The first-order valence-corrected chi connectivity index (χ1v) is 14.8. The standard InChI is InChI=1S/C26H55As/c1-2-3-4-5-6-7-8-9-10-11-12-13-14-15-16-17-18-19-20-21-22-23-24-25-26-27/h2-27H2,1H3. The van der Waals surface area contributed by atoms with E-state index in [1.807, 2.05) is 16.9 Å². The van der Waals surface area contributed by atoms with E-state index in [1.165, 1.54) is 159 Å². The van der Waals surface area contributed by atoms with Crippen molar-refractivity contribution in [2.24, 2.45) is 0 Å². The maximum absolute atomic E-state index is 2.30. The van der Waals surface area contributed by atoms with Gasteiger partial charge in [-0.25, -0.2) is 0 Å². The van der Waals surface area contributed by atoms with Gasteiger partial charge in [-0.15, -0.1) is 0 Å². The first-order valence-electron chi connectivity index (χ1n) is 13.1. The summed E-state index contributed by atoms with van der Waals surface area (Å²) >= 11 is 1.90. The second-order valence-electron chi connectivity index (χ2n) is 8.92. The Balaban J connectivity index is 2.95. The molecule has 0 heterocycles. The van der Waals surface area contributed by atoms with Gasteiger partial charge in [0.2, 0.25) is 0 Å². The van der Waals surface area contributed by atoms with Crippen molar-refractivity contribution < 1.29 is 0 Å². The molecule has 0 nitrogen and oxygen atoms in total. The van der Waals surface area contributed by atoms with Crippen LogP contribution in [0.25, 0.3) is 0 Å². The van der Waals surface area contributed by atoms with Gasteiger partial charge >= 0.3 is 92.7 Å². The van der Waals surface area contributed by atoms with Crippen molar-refractivity contribution in [3.63, 3.8) is 0 Å². The van der Waals surface area contributed by atoms with Crippen LogP contribution in [0.2, 0.25) is 5.21 Å². The fraction of sp³-hybridized carbons (Fsp3) is 1.00. The molecule has 27 heavy (non-hydrogen) atoms. The first-order chi connectivity index (χ1) is 13.4. The molecular formula is C26H55As. The van der Waals surface area contributed by atoms with Crippen molar-refractivity contribution in [3.8, 4) is 0 Å². The van der Waals surface area contributed by atoms with Gasteiger partial charge < -0.3 is 0 Å². The van der Waals surface area contributed by atoms with Crippen LogP contribution in [0.5, 0.6) is 0 Å². The van der Waals surface area contributed by atoms with Gasteiger partial charge in [0, 0.05) is 0 Å². The topological polar surface area (TPSA) is 0 Å². The van der Waals surface area contributed by atoms with Crippen LogP contribution in [0.4, 0.5) is 0 Å². The van der Waals surface area contributed by atoms with E-state index in [4.69, 9.17) is 0 Å². The Hall–Kier alpha value is 0.558. The van der Waals surface area contributed by atoms with Crippen LogP contribution in [0.15, 0.2) is 0 Å². The van der Waals surface area contributed by atoms with Crippen molar-refractivity contribution in [1.82, 2.24) is 0 Å². The molecule has 0 rings (SSSR count). The third kappa shape index (κ3) is 26.6. The molecule has 164 valence electrons. The van der Waals surface area contributed by atoms with E-state index in [-0.39, 0.29) is 0 Å². The van der Waals surface area contributed by atoms with Crippen molar-refractivity contribution in [1.29, 1.82) is 0 Å². The monoisotopic (exact) mass is 442 g/mol. The molecule has 0 amide bonds. The third-order valence-corrected chi connectivity index (χ3v) is 6.91. The molecule has 0 N–H and O–H groups in total. The number of rotatable bonds is 24. The summed E-state index contributed by atoms with van der Waals surface area (Å²) in [6, 6.07) is 0. The van der Waals surface area contributed by atoms with Crippen molar-refractivity contribution in [3.05, 3.63) is 0 Å². The molecule has 0 bridgehead atoms. The molecule has 0 fully saturated rings. The summed E-state index contributed by atoms with van der Waals surface area (Å²) in [5.41, 5.74) is 0. The second kappa shape index (κ2) is 26.6. The van der Waals surface area contributed by atoms with Gasteiger partial charge in [-0.3, -0.25) is 0 Å². The molecular weight excluding hydrogens is 387 g/mol. The third-order valence-electron chi connectivity index (χ3n) is 6.06. The van der Waals surface area contributed by atoms with Gasteiger partial charge in [-0.1, -0.05) is 90.4 Å². The van der Waals surface area contributed by atoms with Gasteiger partial charge in [-0.2, -0.15) is 0 Å². The van der Waals surface area contributed by atoms with E-state index >= 15 is 0 Å². The Morgan fingerprint density at radius 1 is 0.296 bits per heavy atom. The fourth-order valence-corrected chi connectivity index (χ4v) is 4.71. The van der Waals surface area contributed by atoms with Gasteiger partial charge in [-0.05, 0) is 0 Å². The fourth-order valence-electron chi connectivity index (χ4n) is 4.11. The van der Waals surface area contributed by atoms with Crippen LogP contribution in [0, 0.1) is 0 Å². The van der Waals surface area contributed by atoms with Crippen LogP contribution in [-0.2, 0) is 0 Å². The quantitative estimate of drug-likeness (QED) is 0.103. The van der Waals surface area contributed by atoms with Crippen LogP contribution >= 0.6 is 0 Å². The molecule has 0 radical (unpaired) electrons. The molecule has 0 aromatic carbocycles. The molecule has 0 spiro atoms. The Bertz CT molecular complexity index is 214. The van der Waals surface area contributed by atoms with Gasteiger partial charge in [0.05, 0.1) is 0 Å². The number of hydrogen-bond acceptors (Lipinski definition) is 0. The molecule has 0 aromatic rings. The Morgan fingerprint density at radius 2 is 0.481 bits per heavy atom. The molecule has 1 atom stereocenters. The van der Waals surface area contributed by atoms with E-state index in [9.17, 15) is 0 Å². The van der Waals surface area contributed by atoms with Gasteiger partial charge in [0.15, 0.2) is 0 Å². The van der Waals surface area contributed by atoms with Crippen LogP contribution in [0.3, 0.4) is 0 Å². The molecule has 1 unspecified atom stereocenters. The Labute approximate surface area is 182 Å². The minimum absolute atomic E-state index is 1.37. The van der Waals surface area contributed by atoms with E-state index in [0.717, 1.165) is 0 Å². The molecule has 1 heteroatoms. The minimum atomic E-state index is 1.37. The molecule has 0 aliphatic heterocycles. The number of unbranched alkanes of at least 4 members (excludes halogenated alkanes) is 23. The average Bonchev–Trinajstić information content (AvgIpc) is 2.68. The second-order valence-corrected chi connectivity index (χ2v) is 10.1. The van der Waals surface area contributed by atoms with Crippen molar-refractivity contribution in [2.45, 2.75) is 166 Å². The summed E-state index contributed by atoms with van der Waals surface area (Å²) < 4.78 is 0. The van der Waals surface area contributed by atoms with Crippen LogP contribution in [0.1, 0.15) is 161 Å². The molecule has 0 aliphatic carbocycles. The normalized spacial score (nSPS) is 11.3. The zero-order valence-electron chi connectivity index (χ0n) is 19.3. The van der Waals surface area contributed by atoms with E-state index in [2.05, 4.69) is 6.92 Å². The van der Waals surface area contributed by atoms with Gasteiger partial charge in [0.25, 0.3) is 0 Å². The molecule has 0 saturated heterocycles. The van der Waals surface area contributed by atoms with E-state index < -0.39 is 0 Å². The zero-order chi connectivity index (χ0) is 19.7. The van der Waals surface area contributed by atoms with E-state index in [0.29, 0.717) is 0 Å². The number of hydrogen-bond donors (Lipinski definition) is 0. The summed E-state index contributed by atoms with van der Waals surface area (Å²) in [4.78, 5) is 0. The van der Waals surface area contributed by atoms with Crippen molar-refractivity contribution in [2.75, 3.05) is 0 Å². The van der Waals surface area contributed by atoms with E-state index in [1.54, 1.807) is 0 Å². The molecule has 0 aliphatic rings. The molecule has 0 saturated carbocycles. The van der Waals surface area contributed by atoms with Crippen molar-refractivity contribution >= 4 is 16.9 Å². The zero-order valence-corrected chi connectivity index (χ0v) is 21.7. The summed E-state index contributed by atoms with van der Waals surface area (Å²) in [6.45, 7) is 2.30. The Kier molecular flexibility index (Phi) is 27.1. The van der Waals surface area contributed by atoms with Crippen LogP contribution < -0.4 is 0 Å². The predicted molar refractivity (Wildman–Crippen MR) is 130 cm³/mol. The summed E-state index contributed by atoms with van der Waals surface area (Å²) in [7, 11) is 0. The first kappa shape index (κ1) is 27.6. The Morgan fingerprint density at radius 3 is 0.667 bits per heavy atom. The summed E-state index contributed by atoms with van der Waals surface area (Å²) in [6.07, 6.45) is 35.6. The summed E-state index contributed by atoms with van der Waals surface area (Å²) in [5.74, 6) is 0. The average molecular weight is 443 g/mol. The predicted octanol–water partition coefficient (Wildman–Crippen LogP) is 9.42. The summed E-state index contributed by atoms with van der Waals surface area (Å²) in [5, 5.41) is 1.44. The van der Waals surface area contributed by atoms with Crippen LogP contribution in [-0.4, -0.2) is 16.9 Å².